The van der Waals surface area contributed by atoms with Gasteiger partial charge in [0.2, 0.25) is 5.88 Å². The predicted molar refractivity (Wildman–Crippen MR) is 144 cm³/mol. The first kappa shape index (κ1) is 26.9. The number of carbonyl (C=O) groups excluding carboxylic acids is 1. The van der Waals surface area contributed by atoms with Gasteiger partial charge in [-0.15, -0.1) is 0 Å². The summed E-state index contributed by atoms with van der Waals surface area (Å²) in [7, 11) is 2.88. The van der Waals surface area contributed by atoms with Gasteiger partial charge < -0.3 is 19.5 Å². The van der Waals surface area contributed by atoms with Crippen molar-refractivity contribution < 1.29 is 28.2 Å². The van der Waals surface area contributed by atoms with Crippen molar-refractivity contribution in [1.29, 1.82) is 0 Å². The van der Waals surface area contributed by atoms with Crippen LogP contribution < -0.4 is 15.0 Å². The first-order chi connectivity index (χ1) is 19.2. The summed E-state index contributed by atoms with van der Waals surface area (Å²) in [5, 5.41) is 11.6. The molecule has 2 heterocycles. The van der Waals surface area contributed by atoms with Gasteiger partial charge in [0, 0.05) is 30.1 Å². The molecule has 1 atom stereocenters. The molecule has 206 valence electrons. The van der Waals surface area contributed by atoms with Crippen LogP contribution in [0.2, 0.25) is 0 Å². The fourth-order valence-electron chi connectivity index (χ4n) is 5.18. The van der Waals surface area contributed by atoms with Gasteiger partial charge in [-0.2, -0.15) is 4.98 Å². The molecular weight excluding hydrogens is 520 g/mol. The Hall–Kier alpha value is -4.73. The zero-order valence-corrected chi connectivity index (χ0v) is 22.1. The van der Waals surface area contributed by atoms with Crippen LogP contribution in [-0.4, -0.2) is 52.8 Å². The van der Waals surface area contributed by atoms with E-state index in [1.807, 2.05) is 13.0 Å². The second-order valence-corrected chi connectivity index (χ2v) is 9.53. The highest BCUT2D eigenvalue weighted by molar-refractivity contribution is 5.97. The van der Waals surface area contributed by atoms with Gasteiger partial charge in [0.1, 0.15) is 28.8 Å². The third-order valence-corrected chi connectivity index (χ3v) is 7.07. The predicted octanol–water partition coefficient (Wildman–Crippen LogP) is 4.84. The van der Waals surface area contributed by atoms with E-state index in [0.29, 0.717) is 17.1 Å². The third kappa shape index (κ3) is 4.66. The zero-order valence-electron chi connectivity index (χ0n) is 22.1. The number of aromatic nitrogens is 2. The lowest BCUT2D eigenvalue weighted by Crippen LogP contribution is -2.34. The molecule has 1 aromatic heterocycles. The average Bonchev–Trinajstić information content (AvgIpc) is 3.42. The number of aryl methyl sites for hydroxylation is 1. The smallest absolute Gasteiger partial charge is 0.290 e. The number of methoxy groups -OCH3 is 2. The van der Waals surface area contributed by atoms with E-state index < -0.39 is 40.5 Å². The second kappa shape index (κ2) is 10.8. The Balaban J connectivity index is 1.67. The molecule has 3 aromatic carbocycles. The number of para-hydroxylation sites is 1. The maximum atomic E-state index is 14.4. The summed E-state index contributed by atoms with van der Waals surface area (Å²) >= 11 is 0. The lowest BCUT2D eigenvalue weighted by molar-refractivity contribution is 0.0784. The molecule has 8 nitrogen and oxygen atoms in total. The topological polar surface area (TPSA) is 93.9 Å². The number of hydrogen-bond acceptors (Lipinski definition) is 6. The average molecular weight is 548 g/mol. The first-order valence-electron chi connectivity index (χ1n) is 12.6. The van der Waals surface area contributed by atoms with Gasteiger partial charge in [-0.1, -0.05) is 35.9 Å². The van der Waals surface area contributed by atoms with Gasteiger partial charge in [0.25, 0.3) is 11.5 Å². The van der Waals surface area contributed by atoms with E-state index in [1.165, 1.54) is 41.9 Å². The molecule has 1 unspecified atom stereocenters. The number of carbonyl (C=O) groups is 1. The molecule has 1 N–H and O–H groups in total. The van der Waals surface area contributed by atoms with Crippen molar-refractivity contribution in [2.45, 2.75) is 19.3 Å². The van der Waals surface area contributed by atoms with Crippen molar-refractivity contribution in [2.75, 3.05) is 27.3 Å². The largest absolute Gasteiger partial charge is 0.494 e. The van der Waals surface area contributed by atoms with Gasteiger partial charge in [0.15, 0.2) is 11.4 Å². The van der Waals surface area contributed by atoms with Crippen molar-refractivity contribution in [2.24, 2.45) is 0 Å². The Labute approximate surface area is 229 Å². The minimum absolute atomic E-state index is 0.0345. The fraction of sp³-hybridized carbons (Fsp3) is 0.233. The Morgan fingerprint density at radius 3 is 2.25 bits per heavy atom. The maximum absolute atomic E-state index is 14.4. The van der Waals surface area contributed by atoms with Crippen molar-refractivity contribution in [3.63, 3.8) is 0 Å². The summed E-state index contributed by atoms with van der Waals surface area (Å²) < 4.78 is 41.2. The Bertz CT molecular complexity index is 1630. The molecule has 0 spiro atoms. The molecule has 0 bridgehead atoms. The van der Waals surface area contributed by atoms with Gasteiger partial charge in [-0.25, -0.2) is 8.78 Å². The molecule has 40 heavy (non-hydrogen) atoms. The van der Waals surface area contributed by atoms with Crippen molar-refractivity contribution in [3.05, 3.63) is 99.3 Å². The molecular formula is C30H27F2N3O5. The monoisotopic (exact) mass is 547 g/mol. The number of nitrogens with zero attached hydrogens (tertiary/aromatic N) is 3. The highest BCUT2D eigenvalue weighted by Gasteiger charge is 2.35. The molecule has 10 heteroatoms. The van der Waals surface area contributed by atoms with E-state index in [1.54, 1.807) is 36.4 Å². The van der Waals surface area contributed by atoms with Crippen LogP contribution in [0.1, 0.15) is 33.8 Å². The van der Waals surface area contributed by atoms with Crippen LogP contribution in [0.25, 0.3) is 17.1 Å². The van der Waals surface area contributed by atoms with E-state index in [2.05, 4.69) is 4.98 Å². The van der Waals surface area contributed by atoms with E-state index in [0.717, 1.165) is 5.56 Å². The molecule has 1 amide bonds. The number of rotatable bonds is 6. The molecule has 0 aliphatic carbocycles. The highest BCUT2D eigenvalue weighted by Crippen LogP contribution is 2.39. The van der Waals surface area contributed by atoms with Gasteiger partial charge in [-0.05, 0) is 43.7 Å². The molecule has 1 fully saturated rings. The molecule has 4 aromatic rings. The van der Waals surface area contributed by atoms with Crippen LogP contribution in [0.4, 0.5) is 8.78 Å². The summed E-state index contributed by atoms with van der Waals surface area (Å²) in [5.74, 6) is -2.81. The Kier molecular flexibility index (Phi) is 7.25. The molecule has 5 rings (SSSR count). The lowest BCUT2D eigenvalue weighted by Gasteiger charge is -2.22. The molecule has 0 saturated carbocycles. The number of ether oxygens (including phenoxy) is 2. The van der Waals surface area contributed by atoms with Crippen molar-refractivity contribution in [3.8, 4) is 34.5 Å². The third-order valence-electron chi connectivity index (χ3n) is 7.07. The summed E-state index contributed by atoms with van der Waals surface area (Å²) in [6.07, 6.45) is 0.285. The SMILES string of the molecule is COc1cccc(OC)c1-n1c(-c2cccc(C)c2)nc(=O)c(C(=O)N2CCC(c3c(F)cccc3F)C2)c1O. The van der Waals surface area contributed by atoms with Crippen LogP contribution in [0, 0.1) is 18.6 Å². The van der Waals surface area contributed by atoms with E-state index >= 15 is 0 Å². The number of benzene rings is 3. The summed E-state index contributed by atoms with van der Waals surface area (Å²) in [6, 6.07) is 15.8. The van der Waals surface area contributed by atoms with Crippen LogP contribution in [-0.2, 0) is 0 Å². The first-order valence-corrected chi connectivity index (χ1v) is 12.6. The van der Waals surface area contributed by atoms with Crippen molar-refractivity contribution >= 4 is 5.91 Å². The minimum atomic E-state index is -0.940. The van der Waals surface area contributed by atoms with E-state index in [-0.39, 0.29) is 36.6 Å². The molecule has 0 radical (unpaired) electrons. The molecule has 1 saturated heterocycles. The van der Waals surface area contributed by atoms with E-state index in [4.69, 9.17) is 9.47 Å². The normalized spacial score (nSPS) is 14.8. The number of amides is 1. The fourth-order valence-corrected chi connectivity index (χ4v) is 5.18. The maximum Gasteiger partial charge on any atom is 0.290 e. The van der Waals surface area contributed by atoms with Gasteiger partial charge >= 0.3 is 0 Å². The number of hydrogen-bond donors (Lipinski definition) is 1. The summed E-state index contributed by atoms with van der Waals surface area (Å²) in [6.45, 7) is 1.97. The Morgan fingerprint density at radius 2 is 1.62 bits per heavy atom. The second-order valence-electron chi connectivity index (χ2n) is 9.53. The standard InChI is InChI=1S/C30H27F2N3O5/c1-17-7-4-8-18(15-17)27-33-28(36)25(30(38)35(27)26-22(39-2)11-6-12-23(26)40-3)29(37)34-14-13-19(16-34)24-20(31)9-5-10-21(24)32/h4-12,15,19,38H,13-14,16H2,1-3H3. The van der Waals surface area contributed by atoms with Crippen LogP contribution in [0.3, 0.4) is 0 Å². The lowest BCUT2D eigenvalue weighted by atomic mass is 9.97. The number of halogens is 2. The summed E-state index contributed by atoms with van der Waals surface area (Å²) in [4.78, 5) is 32.6. The van der Waals surface area contributed by atoms with Crippen LogP contribution in [0.5, 0.6) is 17.4 Å². The zero-order chi connectivity index (χ0) is 28.6. The van der Waals surface area contributed by atoms with Gasteiger partial charge in [-0.3, -0.25) is 14.2 Å². The quantitative estimate of drug-likeness (QED) is 0.372. The number of aromatic hydroxyl groups is 1. The number of likely N-dealkylation sites (tertiary alicyclic amines) is 1. The highest BCUT2D eigenvalue weighted by atomic mass is 19.1. The van der Waals surface area contributed by atoms with Crippen LogP contribution >= 0.6 is 0 Å². The minimum Gasteiger partial charge on any atom is -0.494 e. The Morgan fingerprint density at radius 1 is 1.00 bits per heavy atom. The van der Waals surface area contributed by atoms with Crippen LogP contribution in [0.15, 0.2) is 65.5 Å². The molecule has 1 aliphatic heterocycles. The van der Waals surface area contributed by atoms with E-state index in [9.17, 15) is 23.5 Å². The van der Waals surface area contributed by atoms with Crippen molar-refractivity contribution in [1.82, 2.24) is 14.5 Å². The summed E-state index contributed by atoms with van der Waals surface area (Å²) in [5.41, 5.74) is 0.00889. The van der Waals surface area contributed by atoms with Gasteiger partial charge in [0.05, 0.1) is 14.2 Å². The molecule has 1 aliphatic rings.